The van der Waals surface area contributed by atoms with Crippen molar-refractivity contribution in [3.63, 3.8) is 0 Å². The van der Waals surface area contributed by atoms with Crippen LogP contribution in [0.3, 0.4) is 0 Å². The molecule has 0 heterocycles. The van der Waals surface area contributed by atoms with Gasteiger partial charge in [0.05, 0.1) is 0 Å². The summed E-state index contributed by atoms with van der Waals surface area (Å²) >= 11 is 0. The highest BCUT2D eigenvalue weighted by Gasteiger charge is 2.11. The minimum absolute atomic E-state index is 0.179. The zero-order valence-corrected chi connectivity index (χ0v) is 7.48. The number of rotatable bonds is 1. The lowest BCUT2D eigenvalue weighted by Crippen LogP contribution is -2.31. The summed E-state index contributed by atoms with van der Waals surface area (Å²) < 4.78 is 0. The number of hydrogen-bond donors (Lipinski definition) is 2. The van der Waals surface area contributed by atoms with E-state index in [0.29, 0.717) is 0 Å². The van der Waals surface area contributed by atoms with Crippen LogP contribution in [0.15, 0.2) is 0 Å². The van der Waals surface area contributed by atoms with Crippen molar-refractivity contribution in [2.75, 3.05) is 0 Å². The number of carboxylic acid groups (broad SMARTS) is 1. The topological polar surface area (TPSA) is 49.3 Å². The average Bonchev–Trinajstić information content (AvgIpc) is 1.59. The maximum absolute atomic E-state index is 9.97. The molecule has 0 aromatic heterocycles. The van der Waals surface area contributed by atoms with Gasteiger partial charge in [-0.25, -0.2) is 4.79 Å². The van der Waals surface area contributed by atoms with Crippen LogP contribution in [0.4, 0.5) is 4.79 Å². The van der Waals surface area contributed by atoms with Gasteiger partial charge in [0.25, 0.3) is 0 Å². The smallest absolute Gasteiger partial charge is 0.396 e. The third-order valence-electron chi connectivity index (χ3n) is 0.770. The van der Waals surface area contributed by atoms with E-state index in [9.17, 15) is 4.79 Å². The average molecular weight is 147 g/mol. The van der Waals surface area contributed by atoms with Crippen LogP contribution in [0.25, 0.3) is 0 Å². The van der Waals surface area contributed by atoms with Crippen LogP contribution in [0.1, 0.15) is 20.8 Å². The maximum Gasteiger partial charge on any atom is 0.396 e. The van der Waals surface area contributed by atoms with Gasteiger partial charge in [-0.2, -0.15) is 0 Å². The normalized spacial score (nSPS) is 12.3. The van der Waals surface area contributed by atoms with Crippen molar-refractivity contribution >= 4 is 15.8 Å². The van der Waals surface area contributed by atoms with Crippen molar-refractivity contribution in [2.45, 2.75) is 25.8 Å². The summed E-state index contributed by atoms with van der Waals surface area (Å²) in [5, 5.41) is 8.38. The molecule has 4 heteroatoms. The molecule has 0 saturated heterocycles. The van der Waals surface area contributed by atoms with E-state index in [-0.39, 0.29) is 5.04 Å². The van der Waals surface area contributed by atoms with Crippen molar-refractivity contribution in [3.8, 4) is 0 Å². The van der Waals surface area contributed by atoms with Gasteiger partial charge in [-0.05, 0) is 5.04 Å². The molecule has 0 spiro atoms. The molecule has 0 aliphatic heterocycles. The van der Waals surface area contributed by atoms with E-state index in [1.807, 2.05) is 20.8 Å². The molecule has 0 unspecified atom stereocenters. The molecule has 54 valence electrons. The van der Waals surface area contributed by atoms with Crippen LogP contribution in [0.2, 0.25) is 5.04 Å². The molecule has 0 saturated carbocycles. The second-order valence-electron chi connectivity index (χ2n) is 3.22. The van der Waals surface area contributed by atoms with Crippen LogP contribution in [0.5, 0.6) is 0 Å². The molecular formula is C5H13NO2Si. The molecule has 0 aliphatic rings. The van der Waals surface area contributed by atoms with Crippen molar-refractivity contribution < 1.29 is 9.90 Å². The molecule has 0 radical (unpaired) electrons. The molecule has 1 amide bonds. The van der Waals surface area contributed by atoms with E-state index >= 15 is 0 Å². The SMILES string of the molecule is CC(C)(C)[SiH2]NC(=O)O. The molecule has 0 bridgehead atoms. The van der Waals surface area contributed by atoms with Crippen LogP contribution >= 0.6 is 0 Å². The number of amides is 1. The Labute approximate surface area is 57.4 Å². The van der Waals surface area contributed by atoms with Gasteiger partial charge in [0.2, 0.25) is 0 Å². The molecule has 0 aromatic rings. The lowest BCUT2D eigenvalue weighted by molar-refractivity contribution is 0.200. The minimum atomic E-state index is -0.892. The molecule has 0 aliphatic carbocycles. The highest BCUT2D eigenvalue weighted by molar-refractivity contribution is 6.40. The Kier molecular flexibility index (Phi) is 2.70. The van der Waals surface area contributed by atoms with Gasteiger partial charge < -0.3 is 10.1 Å². The lowest BCUT2D eigenvalue weighted by atomic mass is 10.3. The first-order chi connectivity index (χ1) is 3.92. The number of carbonyl (C=O) groups is 1. The minimum Gasteiger partial charge on any atom is -0.466 e. The molecule has 0 rings (SSSR count). The Morgan fingerprint density at radius 2 is 2.00 bits per heavy atom. The lowest BCUT2D eigenvalue weighted by Gasteiger charge is -2.15. The Hall–Kier alpha value is -0.513. The van der Waals surface area contributed by atoms with Crippen molar-refractivity contribution in [3.05, 3.63) is 0 Å². The third kappa shape index (κ3) is 7.49. The second-order valence-corrected chi connectivity index (χ2v) is 6.05. The molecule has 0 fully saturated rings. The molecule has 0 atom stereocenters. The van der Waals surface area contributed by atoms with E-state index in [1.54, 1.807) is 0 Å². The predicted molar refractivity (Wildman–Crippen MR) is 39.4 cm³/mol. The Balaban J connectivity index is 3.39. The number of nitrogens with one attached hydrogen (secondary N) is 1. The summed E-state index contributed by atoms with van der Waals surface area (Å²) in [7, 11) is -0.647. The standard InChI is InChI=1S/C5H13NO2Si/c1-5(2,3)9-6-4(7)8/h6H,9H2,1-3H3,(H,7,8). The van der Waals surface area contributed by atoms with E-state index < -0.39 is 15.8 Å². The van der Waals surface area contributed by atoms with Gasteiger partial charge in [-0.15, -0.1) is 0 Å². The largest absolute Gasteiger partial charge is 0.466 e. The monoisotopic (exact) mass is 147 g/mol. The highest BCUT2D eigenvalue weighted by atomic mass is 28.2. The first-order valence-electron chi connectivity index (χ1n) is 2.88. The summed E-state index contributed by atoms with van der Waals surface area (Å²) in [6.07, 6.45) is -0.892. The highest BCUT2D eigenvalue weighted by Crippen LogP contribution is 2.17. The fourth-order valence-corrected chi connectivity index (χ4v) is 1.02. The Morgan fingerprint density at radius 1 is 1.56 bits per heavy atom. The van der Waals surface area contributed by atoms with E-state index in [1.165, 1.54) is 0 Å². The van der Waals surface area contributed by atoms with E-state index in [2.05, 4.69) is 4.98 Å². The fourth-order valence-electron chi connectivity index (χ4n) is 0.341. The Morgan fingerprint density at radius 3 is 2.11 bits per heavy atom. The van der Waals surface area contributed by atoms with Crippen molar-refractivity contribution in [1.29, 1.82) is 0 Å². The zero-order chi connectivity index (χ0) is 7.49. The number of hydrogen-bond acceptors (Lipinski definition) is 1. The van der Waals surface area contributed by atoms with Crippen LogP contribution in [-0.2, 0) is 0 Å². The van der Waals surface area contributed by atoms with Gasteiger partial charge in [0.15, 0.2) is 0 Å². The summed E-state index contributed by atoms with van der Waals surface area (Å²) in [6, 6.07) is 0. The molecule has 2 N–H and O–H groups in total. The second kappa shape index (κ2) is 2.86. The van der Waals surface area contributed by atoms with Crippen LogP contribution in [0, 0.1) is 0 Å². The van der Waals surface area contributed by atoms with Gasteiger partial charge in [0.1, 0.15) is 9.68 Å². The van der Waals surface area contributed by atoms with Crippen molar-refractivity contribution in [2.24, 2.45) is 0 Å². The zero-order valence-electron chi connectivity index (χ0n) is 6.06. The van der Waals surface area contributed by atoms with Crippen LogP contribution < -0.4 is 4.98 Å². The fraction of sp³-hybridized carbons (Fsp3) is 0.800. The van der Waals surface area contributed by atoms with Gasteiger partial charge >= 0.3 is 6.09 Å². The van der Waals surface area contributed by atoms with Crippen LogP contribution in [-0.4, -0.2) is 20.9 Å². The van der Waals surface area contributed by atoms with E-state index in [0.717, 1.165) is 0 Å². The summed E-state index contributed by atoms with van der Waals surface area (Å²) in [6.45, 7) is 6.11. The molecule has 9 heavy (non-hydrogen) atoms. The molecule has 0 aromatic carbocycles. The summed E-state index contributed by atoms with van der Waals surface area (Å²) in [5.74, 6) is 0. The molecular weight excluding hydrogens is 134 g/mol. The summed E-state index contributed by atoms with van der Waals surface area (Å²) in [4.78, 5) is 12.4. The van der Waals surface area contributed by atoms with Crippen molar-refractivity contribution in [1.82, 2.24) is 4.98 Å². The summed E-state index contributed by atoms with van der Waals surface area (Å²) in [5.41, 5.74) is 0. The first-order valence-corrected chi connectivity index (χ1v) is 4.30. The predicted octanol–water partition coefficient (Wildman–Crippen LogP) is 0.556. The van der Waals surface area contributed by atoms with Gasteiger partial charge in [-0.3, -0.25) is 0 Å². The Bertz CT molecular complexity index is 108. The van der Waals surface area contributed by atoms with Gasteiger partial charge in [-0.1, -0.05) is 20.8 Å². The maximum atomic E-state index is 9.97. The molecule has 3 nitrogen and oxygen atoms in total. The first kappa shape index (κ1) is 8.49. The quantitative estimate of drug-likeness (QED) is 0.532. The van der Waals surface area contributed by atoms with Gasteiger partial charge in [0, 0.05) is 0 Å². The third-order valence-corrected chi connectivity index (χ3v) is 2.31. The van der Waals surface area contributed by atoms with E-state index in [4.69, 9.17) is 5.11 Å².